The van der Waals surface area contributed by atoms with Crippen LogP contribution in [0.4, 0.5) is 5.82 Å². The lowest BCUT2D eigenvalue weighted by atomic mass is 10.1. The third kappa shape index (κ3) is 3.84. The first-order valence-corrected chi connectivity index (χ1v) is 12.5. The third-order valence-electron chi connectivity index (χ3n) is 6.19. The van der Waals surface area contributed by atoms with Crippen molar-refractivity contribution in [3.8, 4) is 0 Å². The van der Waals surface area contributed by atoms with E-state index in [1.165, 1.54) is 16.9 Å². The summed E-state index contributed by atoms with van der Waals surface area (Å²) in [6.07, 6.45) is 7.42. The molecule has 5 heterocycles. The fraction of sp³-hybridized carbons (Fsp3) is 0.500. The average Bonchev–Trinajstić information content (AvgIpc) is 3.51. The van der Waals surface area contributed by atoms with Crippen LogP contribution in [0.5, 0.6) is 0 Å². The molecule has 5 rings (SSSR count). The number of amides is 1. The fourth-order valence-corrected chi connectivity index (χ4v) is 5.86. The van der Waals surface area contributed by atoms with Crippen LogP contribution in [0, 0.1) is 0 Å². The molecule has 0 spiro atoms. The molecule has 1 atom stereocenters. The Balaban J connectivity index is 1.26. The van der Waals surface area contributed by atoms with Crippen LogP contribution in [0.2, 0.25) is 0 Å². The van der Waals surface area contributed by atoms with Gasteiger partial charge in [-0.2, -0.15) is 4.31 Å². The molecular weight excluding hydrogens is 434 g/mol. The molecule has 11 nitrogen and oxygen atoms in total. The number of aromatic amines is 1. The minimum atomic E-state index is -3.23. The molecule has 0 bridgehead atoms. The van der Waals surface area contributed by atoms with Crippen LogP contribution in [-0.4, -0.2) is 70.7 Å². The maximum Gasteiger partial charge on any atom is 0.273 e. The van der Waals surface area contributed by atoms with Crippen LogP contribution in [0.25, 0.3) is 11.0 Å². The van der Waals surface area contributed by atoms with Crippen LogP contribution < -0.4 is 10.2 Å². The second-order valence-corrected chi connectivity index (χ2v) is 10.2. The summed E-state index contributed by atoms with van der Waals surface area (Å²) < 4.78 is 30.8. The molecule has 3 aromatic rings. The van der Waals surface area contributed by atoms with Crippen molar-refractivity contribution in [2.24, 2.45) is 0 Å². The van der Waals surface area contributed by atoms with Crippen LogP contribution in [-0.2, 0) is 23.0 Å². The topological polar surface area (TPSA) is 137 Å². The molecule has 0 aliphatic carbocycles. The number of nitrogens with one attached hydrogen (secondary N) is 2. The van der Waals surface area contributed by atoms with Gasteiger partial charge in [-0.1, -0.05) is 5.16 Å². The second-order valence-electron chi connectivity index (χ2n) is 8.26. The van der Waals surface area contributed by atoms with Crippen molar-refractivity contribution in [3.05, 3.63) is 35.6 Å². The summed E-state index contributed by atoms with van der Waals surface area (Å²) in [7, 11) is -3.23. The number of hydrogen-bond donors (Lipinski definition) is 2. The lowest BCUT2D eigenvalue weighted by molar-refractivity contribution is 0.0941. The standard InChI is InChI=1S/C20H25N7O4S/c1-32(29,30)27-9-2-3-13(27)4-7-22-20(28)17-15-11-26(10-6-16(15)31-25-17)19-14-5-8-21-18(14)23-12-24-19/h5,8,12-13H,2-4,6-7,9-11H2,1H3,(H,22,28)(H,21,23,24). The molecule has 2 N–H and O–H groups in total. The lowest BCUT2D eigenvalue weighted by Crippen LogP contribution is -2.37. The maximum atomic E-state index is 12.8. The number of nitrogens with zero attached hydrogens (tertiary/aromatic N) is 5. The number of H-pyrrole nitrogens is 1. The molecule has 12 heteroatoms. The number of fused-ring (bicyclic) bond motifs is 2. The molecule has 1 amide bonds. The van der Waals surface area contributed by atoms with Crippen LogP contribution in [0.3, 0.4) is 0 Å². The van der Waals surface area contributed by atoms with Gasteiger partial charge in [-0.15, -0.1) is 0 Å². The summed E-state index contributed by atoms with van der Waals surface area (Å²) in [4.78, 5) is 26.7. The molecule has 1 unspecified atom stereocenters. The van der Waals surface area contributed by atoms with Gasteiger partial charge in [0, 0.05) is 43.9 Å². The molecule has 3 aromatic heterocycles. The highest BCUT2D eigenvalue weighted by Crippen LogP contribution is 2.29. The summed E-state index contributed by atoms with van der Waals surface area (Å²) in [5.41, 5.74) is 1.80. The van der Waals surface area contributed by atoms with Gasteiger partial charge in [0.2, 0.25) is 10.0 Å². The molecule has 0 radical (unpaired) electrons. The van der Waals surface area contributed by atoms with Crippen molar-refractivity contribution in [1.29, 1.82) is 0 Å². The number of anilines is 1. The Bertz CT molecular complexity index is 1250. The quantitative estimate of drug-likeness (QED) is 0.558. The Hall–Kier alpha value is -2.99. The molecule has 2 aliphatic heterocycles. The molecular formula is C20H25N7O4S. The number of rotatable bonds is 6. The van der Waals surface area contributed by atoms with Crippen LogP contribution >= 0.6 is 0 Å². The highest BCUT2D eigenvalue weighted by atomic mass is 32.2. The zero-order valence-electron chi connectivity index (χ0n) is 17.7. The molecule has 1 fully saturated rings. The Labute approximate surface area is 185 Å². The van der Waals surface area contributed by atoms with E-state index in [1.54, 1.807) is 0 Å². The molecule has 0 aromatic carbocycles. The Morgan fingerprint density at radius 1 is 1.34 bits per heavy atom. The molecule has 2 aliphatic rings. The van der Waals surface area contributed by atoms with Crippen molar-refractivity contribution >= 4 is 32.8 Å². The maximum absolute atomic E-state index is 12.8. The van der Waals surface area contributed by atoms with Crippen LogP contribution in [0.1, 0.15) is 41.1 Å². The summed E-state index contributed by atoms with van der Waals surface area (Å²) in [6.45, 7) is 2.07. The first kappa shape index (κ1) is 20.9. The Morgan fingerprint density at radius 2 is 2.22 bits per heavy atom. The monoisotopic (exact) mass is 459 g/mol. The predicted molar refractivity (Wildman–Crippen MR) is 117 cm³/mol. The fourth-order valence-electron chi connectivity index (χ4n) is 4.65. The minimum Gasteiger partial charge on any atom is -0.360 e. The van der Waals surface area contributed by atoms with Gasteiger partial charge in [-0.25, -0.2) is 18.4 Å². The van der Waals surface area contributed by atoms with Gasteiger partial charge in [0.1, 0.15) is 23.6 Å². The molecule has 1 saturated heterocycles. The van der Waals surface area contributed by atoms with E-state index in [-0.39, 0.29) is 17.6 Å². The summed E-state index contributed by atoms with van der Waals surface area (Å²) in [6, 6.07) is 1.86. The summed E-state index contributed by atoms with van der Waals surface area (Å²) >= 11 is 0. The van der Waals surface area contributed by atoms with E-state index in [1.807, 2.05) is 12.3 Å². The zero-order valence-corrected chi connectivity index (χ0v) is 18.6. The highest BCUT2D eigenvalue weighted by molar-refractivity contribution is 7.88. The predicted octanol–water partition coefficient (Wildman–Crippen LogP) is 1.05. The number of hydrogen-bond acceptors (Lipinski definition) is 8. The van der Waals surface area contributed by atoms with Gasteiger partial charge in [-0.3, -0.25) is 4.79 Å². The first-order chi connectivity index (χ1) is 15.4. The average molecular weight is 460 g/mol. The van der Waals surface area contributed by atoms with Gasteiger partial charge in [0.25, 0.3) is 5.91 Å². The van der Waals surface area contributed by atoms with Crippen molar-refractivity contribution in [3.63, 3.8) is 0 Å². The van der Waals surface area contributed by atoms with E-state index in [9.17, 15) is 13.2 Å². The van der Waals surface area contributed by atoms with E-state index in [2.05, 4.69) is 30.3 Å². The van der Waals surface area contributed by atoms with Gasteiger partial charge < -0.3 is 19.7 Å². The van der Waals surface area contributed by atoms with Gasteiger partial charge in [0.05, 0.1) is 18.2 Å². The number of sulfonamides is 1. The van der Waals surface area contributed by atoms with E-state index in [0.29, 0.717) is 44.8 Å². The van der Waals surface area contributed by atoms with Crippen molar-refractivity contribution in [1.82, 2.24) is 29.7 Å². The van der Waals surface area contributed by atoms with Gasteiger partial charge >= 0.3 is 0 Å². The lowest BCUT2D eigenvalue weighted by Gasteiger charge is -2.27. The van der Waals surface area contributed by atoms with E-state index in [0.717, 1.165) is 35.3 Å². The number of carbonyl (C=O) groups excluding carboxylic acids is 1. The summed E-state index contributed by atoms with van der Waals surface area (Å²) in [5, 5.41) is 7.83. The van der Waals surface area contributed by atoms with E-state index in [4.69, 9.17) is 4.52 Å². The zero-order chi connectivity index (χ0) is 22.3. The van der Waals surface area contributed by atoms with E-state index < -0.39 is 10.0 Å². The smallest absolute Gasteiger partial charge is 0.273 e. The first-order valence-electron chi connectivity index (χ1n) is 10.7. The van der Waals surface area contributed by atoms with Crippen molar-refractivity contribution < 1.29 is 17.7 Å². The molecule has 32 heavy (non-hydrogen) atoms. The third-order valence-corrected chi connectivity index (χ3v) is 7.52. The number of aromatic nitrogens is 4. The van der Waals surface area contributed by atoms with Crippen molar-refractivity contribution in [2.75, 3.05) is 30.8 Å². The molecule has 170 valence electrons. The SMILES string of the molecule is CS(=O)(=O)N1CCCC1CCNC(=O)c1noc2c1CN(c1ncnc3[nH]ccc13)CC2. The van der Waals surface area contributed by atoms with Gasteiger partial charge in [-0.05, 0) is 25.3 Å². The van der Waals surface area contributed by atoms with Crippen LogP contribution in [0.15, 0.2) is 23.1 Å². The van der Waals surface area contributed by atoms with E-state index >= 15 is 0 Å². The van der Waals surface area contributed by atoms with Gasteiger partial charge in [0.15, 0.2) is 5.69 Å². The largest absolute Gasteiger partial charge is 0.360 e. The summed E-state index contributed by atoms with van der Waals surface area (Å²) in [5.74, 6) is 1.21. The molecule has 0 saturated carbocycles. The Kier molecular flexibility index (Phi) is 5.33. The number of carbonyl (C=O) groups is 1. The minimum absolute atomic E-state index is 0.0754. The Morgan fingerprint density at radius 3 is 3.06 bits per heavy atom. The normalized spacial score (nSPS) is 19.4. The highest BCUT2D eigenvalue weighted by Gasteiger charge is 2.32. The van der Waals surface area contributed by atoms with Crippen molar-refractivity contribution in [2.45, 2.75) is 38.3 Å². The second kappa shape index (κ2) is 8.17.